The SMILES string of the molecule is Cn1c(N)c(C(=O)COC(=O)C2CC(c3ccccc3)NN2)c(=O)n(C)c1=O. The standard InChI is InChI=1S/C18H21N5O5/c1-22-15(19)14(16(25)23(2)18(22)27)13(24)9-28-17(26)12-8-11(20-21-12)10-6-4-3-5-7-10/h3-7,11-12,20-21H,8-9,19H2,1-2H3. The van der Waals surface area contributed by atoms with Crippen molar-refractivity contribution in [3.8, 4) is 0 Å². The summed E-state index contributed by atoms with van der Waals surface area (Å²) in [5.41, 5.74) is 10.8. The Kier molecular flexibility index (Phi) is 5.43. The van der Waals surface area contributed by atoms with Gasteiger partial charge in [0.2, 0.25) is 5.78 Å². The maximum absolute atomic E-state index is 12.4. The quantitative estimate of drug-likeness (QED) is 0.439. The predicted molar refractivity (Wildman–Crippen MR) is 100 cm³/mol. The van der Waals surface area contributed by atoms with Gasteiger partial charge in [-0.2, -0.15) is 0 Å². The minimum atomic E-state index is -0.827. The zero-order valence-corrected chi connectivity index (χ0v) is 15.5. The second-order valence-corrected chi connectivity index (χ2v) is 6.54. The average Bonchev–Trinajstić information content (AvgIpc) is 3.20. The molecule has 148 valence electrons. The third-order valence-electron chi connectivity index (χ3n) is 4.72. The summed E-state index contributed by atoms with van der Waals surface area (Å²) < 4.78 is 6.83. The lowest BCUT2D eigenvalue weighted by atomic mass is 10.0. The van der Waals surface area contributed by atoms with Crippen molar-refractivity contribution in [3.63, 3.8) is 0 Å². The van der Waals surface area contributed by atoms with Gasteiger partial charge in [-0.05, 0) is 12.0 Å². The third kappa shape index (κ3) is 3.59. The number of carbonyl (C=O) groups excluding carboxylic acids is 2. The van der Waals surface area contributed by atoms with Gasteiger partial charge in [0.05, 0.1) is 0 Å². The molecule has 10 heteroatoms. The molecule has 2 atom stereocenters. The van der Waals surface area contributed by atoms with Gasteiger partial charge in [-0.25, -0.2) is 15.6 Å². The van der Waals surface area contributed by atoms with Crippen LogP contribution in [-0.2, 0) is 23.6 Å². The van der Waals surface area contributed by atoms with Crippen LogP contribution < -0.4 is 27.8 Å². The minimum Gasteiger partial charge on any atom is -0.456 e. The van der Waals surface area contributed by atoms with Crippen LogP contribution >= 0.6 is 0 Å². The summed E-state index contributed by atoms with van der Waals surface area (Å²) in [6.45, 7) is -0.648. The molecule has 1 saturated heterocycles. The number of ketones is 1. The minimum absolute atomic E-state index is 0.0685. The zero-order chi connectivity index (χ0) is 20.4. The summed E-state index contributed by atoms with van der Waals surface area (Å²) in [4.78, 5) is 48.7. The third-order valence-corrected chi connectivity index (χ3v) is 4.72. The molecule has 0 aliphatic carbocycles. The van der Waals surface area contributed by atoms with Crippen molar-refractivity contribution in [3.05, 3.63) is 62.3 Å². The molecule has 0 spiro atoms. The molecular weight excluding hydrogens is 366 g/mol. The molecule has 0 saturated carbocycles. The molecule has 1 aromatic heterocycles. The van der Waals surface area contributed by atoms with E-state index in [2.05, 4.69) is 10.9 Å². The lowest BCUT2D eigenvalue weighted by Gasteiger charge is -2.12. The number of Topliss-reactive ketones (excluding diaryl/α,β-unsaturated/α-hetero) is 1. The van der Waals surface area contributed by atoms with Crippen molar-refractivity contribution in [1.82, 2.24) is 20.0 Å². The number of esters is 1. The Morgan fingerprint density at radius 2 is 1.82 bits per heavy atom. The molecule has 2 unspecified atom stereocenters. The van der Waals surface area contributed by atoms with E-state index < -0.39 is 35.7 Å². The molecule has 1 aromatic carbocycles. The maximum Gasteiger partial charge on any atom is 0.332 e. The molecule has 0 amide bonds. The van der Waals surface area contributed by atoms with E-state index in [-0.39, 0.29) is 17.4 Å². The number of benzene rings is 1. The molecule has 2 heterocycles. The lowest BCUT2D eigenvalue weighted by Crippen LogP contribution is -2.42. The second-order valence-electron chi connectivity index (χ2n) is 6.54. The smallest absolute Gasteiger partial charge is 0.332 e. The summed E-state index contributed by atoms with van der Waals surface area (Å²) in [7, 11) is 2.59. The Bertz CT molecular complexity index is 1030. The van der Waals surface area contributed by atoms with E-state index >= 15 is 0 Å². The van der Waals surface area contributed by atoms with Crippen LogP contribution in [0.2, 0.25) is 0 Å². The highest BCUT2D eigenvalue weighted by Crippen LogP contribution is 2.22. The van der Waals surface area contributed by atoms with Gasteiger partial charge in [0.15, 0.2) is 6.61 Å². The van der Waals surface area contributed by atoms with E-state index in [9.17, 15) is 19.2 Å². The van der Waals surface area contributed by atoms with Crippen molar-refractivity contribution >= 4 is 17.6 Å². The summed E-state index contributed by atoms with van der Waals surface area (Å²) in [5.74, 6) is -1.66. The number of ether oxygens (including phenoxy) is 1. The van der Waals surface area contributed by atoms with Gasteiger partial charge >= 0.3 is 11.7 Å². The number of nitrogens with one attached hydrogen (secondary N) is 2. The number of nitrogens with zero attached hydrogens (tertiary/aromatic N) is 2. The highest BCUT2D eigenvalue weighted by Gasteiger charge is 2.32. The van der Waals surface area contributed by atoms with Crippen LogP contribution in [-0.4, -0.2) is 33.5 Å². The number of anilines is 1. The van der Waals surface area contributed by atoms with Crippen molar-refractivity contribution < 1.29 is 14.3 Å². The van der Waals surface area contributed by atoms with Crippen LogP contribution in [0.5, 0.6) is 0 Å². The van der Waals surface area contributed by atoms with Gasteiger partial charge in [-0.3, -0.25) is 23.5 Å². The summed E-state index contributed by atoms with van der Waals surface area (Å²) in [5, 5.41) is 0. The van der Waals surface area contributed by atoms with Crippen molar-refractivity contribution in [2.24, 2.45) is 14.1 Å². The van der Waals surface area contributed by atoms with E-state index in [1.54, 1.807) is 0 Å². The molecule has 0 radical (unpaired) electrons. The largest absolute Gasteiger partial charge is 0.456 e. The lowest BCUT2D eigenvalue weighted by molar-refractivity contribution is -0.144. The van der Waals surface area contributed by atoms with E-state index in [1.165, 1.54) is 14.1 Å². The number of hydrogen-bond donors (Lipinski definition) is 3. The van der Waals surface area contributed by atoms with Gasteiger partial charge < -0.3 is 10.5 Å². The van der Waals surface area contributed by atoms with E-state index in [0.717, 1.165) is 14.7 Å². The number of aromatic nitrogens is 2. The molecule has 3 rings (SSSR count). The predicted octanol–water partition coefficient (Wildman–Crippen LogP) is -1.00. The highest BCUT2D eigenvalue weighted by atomic mass is 16.5. The first kappa shape index (κ1) is 19.5. The van der Waals surface area contributed by atoms with Crippen molar-refractivity contribution in [1.29, 1.82) is 0 Å². The fourth-order valence-electron chi connectivity index (χ4n) is 3.05. The first-order valence-corrected chi connectivity index (χ1v) is 8.62. The fourth-order valence-corrected chi connectivity index (χ4v) is 3.05. The molecule has 28 heavy (non-hydrogen) atoms. The molecule has 4 N–H and O–H groups in total. The van der Waals surface area contributed by atoms with Crippen molar-refractivity contribution in [2.75, 3.05) is 12.3 Å². The topological polar surface area (TPSA) is 137 Å². The Balaban J connectivity index is 1.65. The number of hydrazine groups is 1. The number of carbonyl (C=O) groups is 2. The van der Waals surface area contributed by atoms with Crippen LogP contribution in [0.4, 0.5) is 5.82 Å². The van der Waals surface area contributed by atoms with E-state index in [0.29, 0.717) is 6.42 Å². The van der Waals surface area contributed by atoms with Gasteiger partial charge in [-0.1, -0.05) is 30.3 Å². The van der Waals surface area contributed by atoms with Crippen molar-refractivity contribution in [2.45, 2.75) is 18.5 Å². The van der Waals surface area contributed by atoms with Crippen LogP contribution in [0.1, 0.15) is 28.4 Å². The Labute approximate surface area is 159 Å². The molecule has 0 bridgehead atoms. The monoisotopic (exact) mass is 387 g/mol. The van der Waals surface area contributed by atoms with E-state index in [1.807, 2.05) is 30.3 Å². The molecule has 2 aromatic rings. The van der Waals surface area contributed by atoms with Gasteiger partial charge in [-0.15, -0.1) is 0 Å². The average molecular weight is 387 g/mol. The van der Waals surface area contributed by atoms with Gasteiger partial charge in [0, 0.05) is 20.1 Å². The van der Waals surface area contributed by atoms with Crippen LogP contribution in [0, 0.1) is 0 Å². The molecule has 1 fully saturated rings. The van der Waals surface area contributed by atoms with Crippen LogP contribution in [0.3, 0.4) is 0 Å². The molecule has 1 aliphatic heterocycles. The molecule has 1 aliphatic rings. The number of nitrogen functional groups attached to an aromatic ring is 1. The number of hydrogen-bond acceptors (Lipinski definition) is 8. The Morgan fingerprint density at radius 1 is 1.14 bits per heavy atom. The van der Waals surface area contributed by atoms with Crippen LogP contribution in [0.15, 0.2) is 39.9 Å². The summed E-state index contributed by atoms with van der Waals surface area (Å²) in [6.07, 6.45) is 0.445. The summed E-state index contributed by atoms with van der Waals surface area (Å²) >= 11 is 0. The van der Waals surface area contributed by atoms with Gasteiger partial charge in [0.25, 0.3) is 5.56 Å². The Hall–Kier alpha value is -3.24. The maximum atomic E-state index is 12.4. The highest BCUT2D eigenvalue weighted by molar-refractivity contribution is 6.01. The summed E-state index contributed by atoms with van der Waals surface area (Å²) in [6, 6.07) is 8.88. The fraction of sp³-hybridized carbons (Fsp3) is 0.333. The normalized spacial score (nSPS) is 18.8. The number of nitrogens with two attached hydrogens (primary N) is 1. The van der Waals surface area contributed by atoms with Gasteiger partial charge in [0.1, 0.15) is 17.4 Å². The first-order chi connectivity index (χ1) is 13.3. The van der Waals surface area contributed by atoms with E-state index in [4.69, 9.17) is 10.5 Å². The molecule has 10 nitrogen and oxygen atoms in total. The molecular formula is C18H21N5O5. The second kappa shape index (κ2) is 7.79. The van der Waals surface area contributed by atoms with Crippen LogP contribution in [0.25, 0.3) is 0 Å². The Morgan fingerprint density at radius 3 is 2.50 bits per heavy atom. The first-order valence-electron chi connectivity index (χ1n) is 8.62. The number of rotatable bonds is 5. The zero-order valence-electron chi connectivity index (χ0n) is 15.5.